The lowest BCUT2D eigenvalue weighted by Gasteiger charge is -2.30. The average molecular weight is 441 g/mol. The molecule has 1 amide bonds. The summed E-state index contributed by atoms with van der Waals surface area (Å²) >= 11 is 0. The van der Waals surface area contributed by atoms with E-state index in [1.807, 2.05) is 62.1 Å². The first-order valence-electron chi connectivity index (χ1n) is 11.5. The van der Waals surface area contributed by atoms with Gasteiger partial charge in [-0.3, -0.25) is 4.79 Å². The molecular weight excluding hydrogens is 408 g/mol. The summed E-state index contributed by atoms with van der Waals surface area (Å²) in [6, 6.07) is 26.5. The highest BCUT2D eigenvalue weighted by Gasteiger charge is 2.27. The zero-order valence-corrected chi connectivity index (χ0v) is 19.7. The second-order valence-electron chi connectivity index (χ2n) is 9.50. The molecule has 0 spiro atoms. The second kappa shape index (κ2) is 9.95. The van der Waals surface area contributed by atoms with Gasteiger partial charge in [-0.1, -0.05) is 81.4 Å². The molecule has 0 unspecified atom stereocenters. The number of hydrogen-bond acceptors (Lipinski definition) is 2. The van der Waals surface area contributed by atoms with Crippen LogP contribution in [0, 0.1) is 5.41 Å². The van der Waals surface area contributed by atoms with Crippen LogP contribution in [0.4, 0.5) is 0 Å². The molecule has 4 nitrogen and oxygen atoms in total. The van der Waals surface area contributed by atoms with E-state index in [-0.39, 0.29) is 5.91 Å². The van der Waals surface area contributed by atoms with Gasteiger partial charge in [0.1, 0.15) is 12.4 Å². The van der Waals surface area contributed by atoms with Gasteiger partial charge < -0.3 is 14.6 Å². The Balaban J connectivity index is 1.43. The third kappa shape index (κ3) is 5.83. The molecule has 4 aromatic rings. The predicted octanol–water partition coefficient (Wildman–Crippen LogP) is 6.36. The van der Waals surface area contributed by atoms with Crippen molar-refractivity contribution in [2.75, 3.05) is 6.54 Å². The number of para-hydroxylation sites is 1. The van der Waals surface area contributed by atoms with Gasteiger partial charge in [-0.15, -0.1) is 0 Å². The number of aromatic nitrogens is 1. The van der Waals surface area contributed by atoms with Crippen LogP contribution in [0.15, 0.2) is 85.1 Å². The van der Waals surface area contributed by atoms with Gasteiger partial charge in [-0.25, -0.2) is 0 Å². The number of carbonyl (C=O) groups excluding carboxylic acids is 1. The first-order valence-corrected chi connectivity index (χ1v) is 11.5. The van der Waals surface area contributed by atoms with Crippen molar-refractivity contribution in [1.29, 1.82) is 0 Å². The Kier molecular flexibility index (Phi) is 6.83. The molecule has 1 aromatic heterocycles. The quantitative estimate of drug-likeness (QED) is 0.346. The summed E-state index contributed by atoms with van der Waals surface area (Å²) in [5, 5.41) is 1.22. The SMILES string of the molecule is CC(C)(C)C(=O)N(CCc1c[nH]c2ccccc12)Cc1ccc(OCc2ccccc2)cc1. The Morgan fingerprint density at radius 3 is 2.30 bits per heavy atom. The van der Waals surface area contributed by atoms with E-state index in [0.717, 1.165) is 28.8 Å². The zero-order chi connectivity index (χ0) is 23.3. The molecule has 0 saturated heterocycles. The first-order chi connectivity index (χ1) is 15.9. The molecule has 0 bridgehead atoms. The summed E-state index contributed by atoms with van der Waals surface area (Å²) in [4.78, 5) is 18.5. The molecule has 0 aliphatic heterocycles. The molecule has 170 valence electrons. The van der Waals surface area contributed by atoms with E-state index >= 15 is 0 Å². The minimum absolute atomic E-state index is 0.159. The molecule has 0 radical (unpaired) electrons. The van der Waals surface area contributed by atoms with Crippen LogP contribution >= 0.6 is 0 Å². The average Bonchev–Trinajstić information content (AvgIpc) is 3.24. The monoisotopic (exact) mass is 440 g/mol. The van der Waals surface area contributed by atoms with E-state index in [2.05, 4.69) is 53.6 Å². The number of nitrogens with zero attached hydrogens (tertiary/aromatic N) is 1. The molecule has 1 N–H and O–H groups in total. The summed E-state index contributed by atoms with van der Waals surface area (Å²) in [7, 11) is 0. The number of aromatic amines is 1. The summed E-state index contributed by atoms with van der Waals surface area (Å²) < 4.78 is 5.91. The fraction of sp³-hybridized carbons (Fsp3) is 0.276. The van der Waals surface area contributed by atoms with Crippen LogP contribution in [-0.4, -0.2) is 22.3 Å². The molecule has 0 saturated carbocycles. The van der Waals surface area contributed by atoms with Crippen molar-refractivity contribution in [3.05, 3.63) is 102 Å². The second-order valence-corrected chi connectivity index (χ2v) is 9.50. The van der Waals surface area contributed by atoms with Crippen LogP contribution in [0.5, 0.6) is 5.75 Å². The minimum Gasteiger partial charge on any atom is -0.489 e. The molecule has 33 heavy (non-hydrogen) atoms. The van der Waals surface area contributed by atoms with Gasteiger partial charge >= 0.3 is 0 Å². The van der Waals surface area contributed by atoms with Gasteiger partial charge in [0.25, 0.3) is 0 Å². The number of carbonyl (C=O) groups is 1. The van der Waals surface area contributed by atoms with Crippen LogP contribution < -0.4 is 4.74 Å². The molecule has 0 aliphatic carbocycles. The normalized spacial score (nSPS) is 11.5. The maximum atomic E-state index is 13.2. The number of fused-ring (bicyclic) bond motifs is 1. The summed E-state index contributed by atoms with van der Waals surface area (Å²) in [6.07, 6.45) is 2.87. The number of amides is 1. The predicted molar refractivity (Wildman–Crippen MR) is 134 cm³/mol. The molecule has 0 aliphatic rings. The van der Waals surface area contributed by atoms with Crippen molar-refractivity contribution in [1.82, 2.24) is 9.88 Å². The van der Waals surface area contributed by atoms with Crippen molar-refractivity contribution in [2.24, 2.45) is 5.41 Å². The number of hydrogen-bond donors (Lipinski definition) is 1. The van der Waals surface area contributed by atoms with Crippen molar-refractivity contribution in [3.8, 4) is 5.75 Å². The Morgan fingerprint density at radius 2 is 1.58 bits per heavy atom. The molecule has 3 aromatic carbocycles. The fourth-order valence-electron chi connectivity index (χ4n) is 3.97. The molecule has 0 atom stereocenters. The van der Waals surface area contributed by atoms with E-state index in [1.165, 1.54) is 10.9 Å². The van der Waals surface area contributed by atoms with E-state index in [9.17, 15) is 4.79 Å². The van der Waals surface area contributed by atoms with E-state index in [0.29, 0.717) is 19.7 Å². The molecule has 1 heterocycles. The number of nitrogens with one attached hydrogen (secondary N) is 1. The van der Waals surface area contributed by atoms with Gasteiger partial charge in [0, 0.05) is 35.6 Å². The number of ether oxygens (including phenoxy) is 1. The Bertz CT molecular complexity index is 1190. The number of benzene rings is 3. The number of rotatable bonds is 8. The van der Waals surface area contributed by atoms with Gasteiger partial charge in [-0.2, -0.15) is 0 Å². The third-order valence-electron chi connectivity index (χ3n) is 5.80. The topological polar surface area (TPSA) is 45.3 Å². The standard InChI is InChI=1S/C29H32N2O2/c1-29(2,3)28(32)31(18-17-24-19-30-27-12-8-7-11-26(24)27)20-22-13-15-25(16-14-22)33-21-23-9-5-4-6-10-23/h4-16,19,30H,17-18,20-21H2,1-3H3. The molecular formula is C29H32N2O2. The molecule has 4 heteroatoms. The van der Waals surface area contributed by atoms with Crippen molar-refractivity contribution in [3.63, 3.8) is 0 Å². The lowest BCUT2D eigenvalue weighted by molar-refractivity contribution is -0.140. The van der Waals surface area contributed by atoms with Gasteiger partial charge in [0.15, 0.2) is 0 Å². The van der Waals surface area contributed by atoms with Gasteiger partial charge in [-0.05, 0) is 41.3 Å². The lowest BCUT2D eigenvalue weighted by atomic mass is 9.94. The lowest BCUT2D eigenvalue weighted by Crippen LogP contribution is -2.40. The Hall–Kier alpha value is -3.53. The fourth-order valence-corrected chi connectivity index (χ4v) is 3.97. The minimum atomic E-state index is -0.432. The first kappa shape index (κ1) is 22.7. The van der Waals surface area contributed by atoms with Crippen molar-refractivity contribution < 1.29 is 9.53 Å². The van der Waals surface area contributed by atoms with Crippen LogP contribution in [-0.2, 0) is 24.4 Å². The highest BCUT2D eigenvalue weighted by molar-refractivity contribution is 5.83. The third-order valence-corrected chi connectivity index (χ3v) is 5.80. The number of H-pyrrole nitrogens is 1. The Labute approximate surface area is 196 Å². The van der Waals surface area contributed by atoms with Crippen LogP contribution in [0.25, 0.3) is 10.9 Å². The largest absolute Gasteiger partial charge is 0.489 e. The molecule has 4 rings (SSSR count). The maximum Gasteiger partial charge on any atom is 0.228 e. The summed E-state index contributed by atoms with van der Waals surface area (Å²) in [5.74, 6) is 0.988. The van der Waals surface area contributed by atoms with E-state index < -0.39 is 5.41 Å². The van der Waals surface area contributed by atoms with Crippen LogP contribution in [0.3, 0.4) is 0 Å². The van der Waals surface area contributed by atoms with E-state index in [4.69, 9.17) is 4.74 Å². The smallest absolute Gasteiger partial charge is 0.228 e. The summed E-state index contributed by atoms with van der Waals surface area (Å²) in [6.45, 7) is 7.73. The van der Waals surface area contributed by atoms with E-state index in [1.54, 1.807) is 0 Å². The van der Waals surface area contributed by atoms with Crippen molar-refractivity contribution >= 4 is 16.8 Å². The van der Waals surface area contributed by atoms with Crippen LogP contribution in [0.2, 0.25) is 0 Å². The van der Waals surface area contributed by atoms with Crippen molar-refractivity contribution in [2.45, 2.75) is 40.3 Å². The zero-order valence-electron chi connectivity index (χ0n) is 19.7. The van der Waals surface area contributed by atoms with Gasteiger partial charge in [0.2, 0.25) is 5.91 Å². The van der Waals surface area contributed by atoms with Gasteiger partial charge in [0.05, 0.1) is 0 Å². The maximum absolute atomic E-state index is 13.2. The highest BCUT2D eigenvalue weighted by atomic mass is 16.5. The Morgan fingerprint density at radius 1 is 0.879 bits per heavy atom. The molecule has 0 fully saturated rings. The van der Waals surface area contributed by atoms with Crippen LogP contribution in [0.1, 0.15) is 37.5 Å². The highest BCUT2D eigenvalue weighted by Crippen LogP contribution is 2.23. The summed E-state index contributed by atoms with van der Waals surface area (Å²) in [5.41, 5.74) is 4.17.